The number of hydrogen-bond donors (Lipinski definition) is 2. The van der Waals surface area contributed by atoms with Crippen LogP contribution in [0.5, 0.6) is 5.75 Å². The van der Waals surface area contributed by atoms with E-state index in [1.165, 1.54) is 11.3 Å². The summed E-state index contributed by atoms with van der Waals surface area (Å²) in [4.78, 5) is 24.2. The first-order chi connectivity index (χ1) is 13.6. The molecule has 4 rings (SSSR count). The van der Waals surface area contributed by atoms with E-state index in [1.54, 1.807) is 23.8 Å². The van der Waals surface area contributed by atoms with Crippen LogP contribution < -0.4 is 5.32 Å². The first kappa shape index (κ1) is 19.3. The molecule has 8 heteroatoms. The van der Waals surface area contributed by atoms with Crippen LogP contribution in [0.2, 0.25) is 0 Å². The second-order valence-electron chi connectivity index (χ2n) is 7.63. The Morgan fingerprint density at radius 1 is 1.46 bits per heavy atom. The van der Waals surface area contributed by atoms with Crippen molar-refractivity contribution < 1.29 is 14.6 Å². The van der Waals surface area contributed by atoms with Gasteiger partial charge in [-0.2, -0.15) is 0 Å². The summed E-state index contributed by atoms with van der Waals surface area (Å²) in [5.74, 6) is 0.159. The van der Waals surface area contributed by atoms with Gasteiger partial charge >= 0.3 is 0 Å². The van der Waals surface area contributed by atoms with E-state index in [1.807, 2.05) is 6.92 Å². The molecule has 1 saturated carbocycles. The molecule has 2 aromatic heterocycles. The highest BCUT2D eigenvalue weighted by Gasteiger charge is 2.46. The van der Waals surface area contributed by atoms with E-state index in [0.29, 0.717) is 23.7 Å². The molecular formula is C20H26N4O3S. The molecule has 3 heterocycles. The molecule has 2 fully saturated rings. The molecule has 0 radical (unpaired) electrons. The van der Waals surface area contributed by atoms with Crippen molar-refractivity contribution in [2.24, 2.45) is 0 Å². The highest BCUT2D eigenvalue weighted by atomic mass is 32.1. The second-order valence-corrected chi connectivity index (χ2v) is 8.49. The Labute approximate surface area is 168 Å². The maximum atomic E-state index is 12.8. The summed E-state index contributed by atoms with van der Waals surface area (Å²) < 4.78 is 6.31. The van der Waals surface area contributed by atoms with Crippen LogP contribution in [-0.2, 0) is 11.3 Å². The number of carbonyl (C=O) groups excluding carboxylic acids is 1. The van der Waals surface area contributed by atoms with Crippen LogP contribution in [-0.4, -0.2) is 57.2 Å². The lowest BCUT2D eigenvalue weighted by molar-refractivity contribution is -0.143. The molecule has 0 bridgehead atoms. The minimum absolute atomic E-state index is 0.0321. The molecule has 7 nitrogen and oxygen atoms in total. The summed E-state index contributed by atoms with van der Waals surface area (Å²) >= 11 is 1.37. The van der Waals surface area contributed by atoms with E-state index >= 15 is 0 Å². The molecular weight excluding hydrogens is 376 g/mol. The van der Waals surface area contributed by atoms with Crippen LogP contribution in [0.1, 0.15) is 46.7 Å². The van der Waals surface area contributed by atoms with Crippen LogP contribution in [0.25, 0.3) is 0 Å². The molecule has 150 valence electrons. The monoisotopic (exact) mass is 402 g/mol. The fourth-order valence-electron chi connectivity index (χ4n) is 4.30. The number of ether oxygens (including phenoxy) is 1. The van der Waals surface area contributed by atoms with E-state index in [4.69, 9.17) is 4.74 Å². The molecule has 28 heavy (non-hydrogen) atoms. The highest BCUT2D eigenvalue weighted by molar-refractivity contribution is 7.11. The second kappa shape index (κ2) is 8.14. The van der Waals surface area contributed by atoms with Crippen molar-refractivity contribution in [3.63, 3.8) is 0 Å². The summed E-state index contributed by atoms with van der Waals surface area (Å²) in [6.07, 6.45) is 5.70. The molecule has 1 amide bonds. The zero-order valence-electron chi connectivity index (χ0n) is 16.1. The molecule has 2 aliphatic rings. The standard InChI is InChI=1S/C20H26N4O3S/c1-14-18(28-13-22-14)19(26)23-17-6-2-3-7-20(17)12-24(9-10-27-20)11-15-16(25)5-4-8-21-15/h4-5,8,13,17,25H,2-3,6-7,9-12H2,1H3,(H,23,26)/t17-,20-/m1/s1. The van der Waals surface area contributed by atoms with Crippen LogP contribution >= 0.6 is 11.3 Å². The topological polar surface area (TPSA) is 87.6 Å². The van der Waals surface area contributed by atoms with Gasteiger partial charge in [-0.25, -0.2) is 4.98 Å². The van der Waals surface area contributed by atoms with E-state index in [9.17, 15) is 9.90 Å². The average Bonchev–Trinajstić information content (AvgIpc) is 3.12. The lowest BCUT2D eigenvalue weighted by Crippen LogP contribution is -2.63. The minimum atomic E-state index is -0.394. The molecule has 1 aliphatic heterocycles. The maximum Gasteiger partial charge on any atom is 0.263 e. The number of thiazole rings is 1. The number of amides is 1. The van der Waals surface area contributed by atoms with Crippen molar-refractivity contribution in [3.05, 3.63) is 40.1 Å². The fourth-order valence-corrected chi connectivity index (χ4v) is 5.00. The lowest BCUT2D eigenvalue weighted by Gasteiger charge is -2.49. The fraction of sp³-hybridized carbons (Fsp3) is 0.550. The third kappa shape index (κ3) is 3.90. The van der Waals surface area contributed by atoms with Crippen molar-refractivity contribution in [3.8, 4) is 5.75 Å². The predicted octanol–water partition coefficient (Wildman–Crippen LogP) is 2.50. The molecule has 2 aromatic rings. The zero-order valence-corrected chi connectivity index (χ0v) is 16.9. The van der Waals surface area contributed by atoms with Crippen LogP contribution in [0.3, 0.4) is 0 Å². The third-order valence-corrected chi connectivity index (χ3v) is 6.69. The van der Waals surface area contributed by atoms with E-state index < -0.39 is 5.60 Å². The van der Waals surface area contributed by atoms with Crippen LogP contribution in [0.4, 0.5) is 0 Å². The molecule has 2 atom stereocenters. The Kier molecular flexibility index (Phi) is 5.61. The smallest absolute Gasteiger partial charge is 0.263 e. The van der Waals surface area contributed by atoms with Gasteiger partial charge in [-0.15, -0.1) is 11.3 Å². The molecule has 0 aromatic carbocycles. The molecule has 0 unspecified atom stereocenters. The van der Waals surface area contributed by atoms with Gasteiger partial charge < -0.3 is 15.2 Å². The number of nitrogens with zero attached hydrogens (tertiary/aromatic N) is 3. The third-order valence-electron chi connectivity index (χ3n) is 5.76. The molecule has 1 saturated heterocycles. The first-order valence-electron chi connectivity index (χ1n) is 9.77. The van der Waals surface area contributed by atoms with E-state index in [0.717, 1.165) is 44.5 Å². The van der Waals surface area contributed by atoms with Crippen molar-refractivity contribution in [1.29, 1.82) is 0 Å². The number of aromatic nitrogens is 2. The number of aromatic hydroxyl groups is 1. The van der Waals surface area contributed by atoms with Crippen molar-refractivity contribution in [2.45, 2.75) is 50.8 Å². The van der Waals surface area contributed by atoms with Gasteiger partial charge in [0.05, 0.1) is 29.5 Å². The Bertz CT molecular complexity index is 838. The van der Waals surface area contributed by atoms with Gasteiger partial charge in [-0.05, 0) is 31.9 Å². The number of carbonyl (C=O) groups is 1. The SMILES string of the molecule is Cc1ncsc1C(=O)N[C@@H]1CCCC[C@@]12CN(Cc1ncccc1O)CCO2. The Morgan fingerprint density at radius 2 is 2.36 bits per heavy atom. The van der Waals surface area contributed by atoms with Gasteiger partial charge in [0.2, 0.25) is 0 Å². The number of morpholine rings is 1. The van der Waals surface area contributed by atoms with Crippen LogP contribution in [0, 0.1) is 6.92 Å². The first-order valence-corrected chi connectivity index (χ1v) is 10.7. The normalized spacial score (nSPS) is 25.7. The molecule has 1 spiro atoms. The number of hydrogen-bond acceptors (Lipinski definition) is 7. The Hall–Kier alpha value is -2.03. The summed E-state index contributed by atoms with van der Waals surface area (Å²) in [5, 5.41) is 13.3. The quantitative estimate of drug-likeness (QED) is 0.817. The van der Waals surface area contributed by atoms with Gasteiger partial charge in [-0.1, -0.05) is 12.8 Å². The maximum absolute atomic E-state index is 12.8. The summed E-state index contributed by atoms with van der Waals surface area (Å²) in [7, 11) is 0. The molecule has 2 N–H and O–H groups in total. The number of rotatable bonds is 4. The van der Waals surface area contributed by atoms with E-state index in [2.05, 4.69) is 20.2 Å². The van der Waals surface area contributed by atoms with Gasteiger partial charge in [0.25, 0.3) is 5.91 Å². The van der Waals surface area contributed by atoms with Crippen molar-refractivity contribution in [1.82, 2.24) is 20.2 Å². The summed E-state index contributed by atoms with van der Waals surface area (Å²) in [6, 6.07) is 3.36. The number of aryl methyl sites for hydroxylation is 1. The van der Waals surface area contributed by atoms with Crippen molar-refractivity contribution >= 4 is 17.2 Å². The summed E-state index contributed by atoms with van der Waals surface area (Å²) in [6.45, 7) is 4.55. The zero-order chi connectivity index (χ0) is 19.6. The number of nitrogens with one attached hydrogen (secondary N) is 1. The van der Waals surface area contributed by atoms with Crippen LogP contribution in [0.15, 0.2) is 23.8 Å². The summed E-state index contributed by atoms with van der Waals surface area (Å²) in [5.41, 5.74) is 2.76. The molecule has 1 aliphatic carbocycles. The average molecular weight is 403 g/mol. The van der Waals surface area contributed by atoms with Gasteiger partial charge in [0.1, 0.15) is 16.2 Å². The predicted molar refractivity (Wildman–Crippen MR) is 106 cm³/mol. The lowest BCUT2D eigenvalue weighted by atomic mass is 9.78. The van der Waals surface area contributed by atoms with Gasteiger partial charge in [-0.3, -0.25) is 14.7 Å². The minimum Gasteiger partial charge on any atom is -0.506 e. The van der Waals surface area contributed by atoms with Gasteiger partial charge in [0, 0.05) is 25.8 Å². The van der Waals surface area contributed by atoms with Gasteiger partial charge in [0.15, 0.2) is 0 Å². The Balaban J connectivity index is 1.49. The Morgan fingerprint density at radius 3 is 3.14 bits per heavy atom. The van der Waals surface area contributed by atoms with Crippen molar-refractivity contribution in [2.75, 3.05) is 19.7 Å². The largest absolute Gasteiger partial charge is 0.506 e. The van der Waals surface area contributed by atoms with E-state index in [-0.39, 0.29) is 17.7 Å². The highest BCUT2D eigenvalue weighted by Crippen LogP contribution is 2.36. The number of pyridine rings is 1.